The normalized spacial score (nSPS) is 27.5. The highest BCUT2D eigenvalue weighted by molar-refractivity contribution is 5.71. The molecule has 4 atom stereocenters. The summed E-state index contributed by atoms with van der Waals surface area (Å²) < 4.78 is 16.9. The molecule has 1 aliphatic heterocycles. The van der Waals surface area contributed by atoms with Crippen molar-refractivity contribution < 1.29 is 19.0 Å². The summed E-state index contributed by atoms with van der Waals surface area (Å²) >= 11 is 0. The Bertz CT molecular complexity index is 372. The lowest BCUT2D eigenvalue weighted by atomic mass is 9.93. The molecule has 1 rings (SSSR count). The predicted octanol–water partition coefficient (Wildman–Crippen LogP) is 3.21. The van der Waals surface area contributed by atoms with E-state index < -0.39 is 12.1 Å². The number of rotatable bonds is 11. The lowest BCUT2D eigenvalue weighted by Crippen LogP contribution is -2.52. The van der Waals surface area contributed by atoms with E-state index in [1.807, 2.05) is 13.0 Å². The van der Waals surface area contributed by atoms with Crippen molar-refractivity contribution in [1.29, 1.82) is 0 Å². The maximum atomic E-state index is 11.6. The topological polar surface area (TPSA) is 70.8 Å². The smallest absolute Gasteiger partial charge is 0.320 e. The van der Waals surface area contributed by atoms with Gasteiger partial charge in [0.25, 0.3) is 0 Å². The van der Waals surface area contributed by atoms with Crippen molar-refractivity contribution in [1.82, 2.24) is 0 Å². The Morgan fingerprint density at radius 3 is 2.58 bits per heavy atom. The number of methoxy groups -OCH3 is 1. The van der Waals surface area contributed by atoms with Crippen molar-refractivity contribution in [2.45, 2.75) is 77.1 Å². The Kier molecular flexibility index (Phi) is 11.0. The van der Waals surface area contributed by atoms with Crippen LogP contribution in [0.25, 0.3) is 0 Å². The van der Waals surface area contributed by atoms with Crippen LogP contribution in [0.5, 0.6) is 0 Å². The zero-order valence-electron chi connectivity index (χ0n) is 15.5. The van der Waals surface area contributed by atoms with Crippen LogP contribution in [0, 0.1) is 5.92 Å². The molecule has 140 valence electrons. The quantitative estimate of drug-likeness (QED) is 0.355. The first kappa shape index (κ1) is 21.1. The summed E-state index contributed by atoms with van der Waals surface area (Å²) in [7, 11) is 1.65. The van der Waals surface area contributed by atoms with Gasteiger partial charge in [-0.3, -0.25) is 4.79 Å². The summed E-state index contributed by atoms with van der Waals surface area (Å²) in [6.45, 7) is 4.74. The zero-order chi connectivity index (χ0) is 17.8. The fraction of sp³-hybridized carbons (Fsp3) is 0.842. The van der Waals surface area contributed by atoms with Gasteiger partial charge in [-0.05, 0) is 12.8 Å². The second kappa shape index (κ2) is 12.5. The third-order valence-corrected chi connectivity index (χ3v) is 4.52. The van der Waals surface area contributed by atoms with Crippen molar-refractivity contribution in [3.8, 4) is 0 Å². The summed E-state index contributed by atoms with van der Waals surface area (Å²) in [5.74, 6) is -0.247. The Hall–Kier alpha value is -0.910. The molecule has 0 unspecified atom stereocenters. The molecule has 5 nitrogen and oxygen atoms in total. The van der Waals surface area contributed by atoms with Crippen LogP contribution in [0.1, 0.15) is 58.8 Å². The maximum Gasteiger partial charge on any atom is 0.320 e. The summed E-state index contributed by atoms with van der Waals surface area (Å²) in [6, 6.07) is 0. The number of allylic oxidation sites excluding steroid dienone is 1. The molecule has 0 aromatic rings. The molecule has 0 amide bonds. The van der Waals surface area contributed by atoms with Crippen molar-refractivity contribution in [3.63, 3.8) is 0 Å². The molecule has 0 aromatic carbocycles. The molecule has 24 heavy (non-hydrogen) atoms. The molecule has 1 fully saturated rings. The van der Waals surface area contributed by atoms with Crippen LogP contribution in [0.2, 0.25) is 0 Å². The average molecular weight is 341 g/mol. The van der Waals surface area contributed by atoms with Crippen molar-refractivity contribution in [3.05, 3.63) is 12.2 Å². The van der Waals surface area contributed by atoms with E-state index >= 15 is 0 Å². The van der Waals surface area contributed by atoms with Gasteiger partial charge in [0.1, 0.15) is 12.2 Å². The molecule has 0 aromatic heterocycles. The number of unbranched alkanes of at least 4 members (excludes halogenated alkanes) is 6. The van der Waals surface area contributed by atoms with Gasteiger partial charge in [-0.2, -0.15) is 0 Å². The van der Waals surface area contributed by atoms with Gasteiger partial charge in [0.05, 0.1) is 13.2 Å². The van der Waals surface area contributed by atoms with Crippen molar-refractivity contribution in [2.75, 3.05) is 20.3 Å². The molecule has 0 spiro atoms. The standard InChI is InChI=1S/C19H35NO4/c1-4-5-6-7-8-9-10-11-12-16-19(24-17(21)13-20)18(22-3)15(2)14-23-16/h11-12,15-16,18-19H,4-10,13-14,20H2,1-3H3/b12-11+/t15-,16-,18-,19-/m0/s1. The van der Waals surface area contributed by atoms with Gasteiger partial charge in [-0.1, -0.05) is 58.1 Å². The van der Waals surface area contributed by atoms with E-state index in [1.165, 1.54) is 38.5 Å². The van der Waals surface area contributed by atoms with Crippen LogP contribution in [0.15, 0.2) is 12.2 Å². The molecular formula is C19H35NO4. The second-order valence-corrected chi connectivity index (χ2v) is 6.62. The lowest BCUT2D eigenvalue weighted by Gasteiger charge is -2.39. The second-order valence-electron chi connectivity index (χ2n) is 6.62. The van der Waals surface area contributed by atoms with Gasteiger partial charge in [0, 0.05) is 13.0 Å². The third-order valence-electron chi connectivity index (χ3n) is 4.52. The van der Waals surface area contributed by atoms with Gasteiger partial charge in [0.2, 0.25) is 0 Å². The largest absolute Gasteiger partial charge is 0.455 e. The Balaban J connectivity index is 2.46. The highest BCUT2D eigenvalue weighted by Gasteiger charge is 2.40. The highest BCUT2D eigenvalue weighted by atomic mass is 16.6. The molecule has 0 bridgehead atoms. The first-order chi connectivity index (χ1) is 11.6. The van der Waals surface area contributed by atoms with Crippen LogP contribution >= 0.6 is 0 Å². The average Bonchev–Trinajstić information content (AvgIpc) is 2.59. The Morgan fingerprint density at radius 1 is 1.21 bits per heavy atom. The number of carbonyl (C=O) groups excluding carboxylic acids is 1. The molecule has 0 aliphatic carbocycles. The van der Waals surface area contributed by atoms with E-state index in [0.29, 0.717) is 6.61 Å². The monoisotopic (exact) mass is 341 g/mol. The van der Waals surface area contributed by atoms with Gasteiger partial charge < -0.3 is 19.9 Å². The minimum absolute atomic E-state index is 0.129. The fourth-order valence-electron chi connectivity index (χ4n) is 3.10. The van der Waals surface area contributed by atoms with E-state index in [9.17, 15) is 4.79 Å². The number of ether oxygens (including phenoxy) is 3. The Morgan fingerprint density at radius 2 is 1.92 bits per heavy atom. The van der Waals surface area contributed by atoms with E-state index in [1.54, 1.807) is 7.11 Å². The highest BCUT2D eigenvalue weighted by Crippen LogP contribution is 2.26. The first-order valence-corrected chi connectivity index (χ1v) is 9.34. The molecule has 0 saturated carbocycles. The number of hydrogen-bond acceptors (Lipinski definition) is 5. The van der Waals surface area contributed by atoms with Gasteiger partial charge in [-0.15, -0.1) is 0 Å². The number of hydrogen-bond donors (Lipinski definition) is 1. The third kappa shape index (κ3) is 7.32. The zero-order valence-corrected chi connectivity index (χ0v) is 15.5. The maximum absolute atomic E-state index is 11.6. The number of esters is 1. The number of carbonyl (C=O) groups is 1. The van der Waals surface area contributed by atoms with Crippen LogP contribution in [-0.2, 0) is 19.0 Å². The van der Waals surface area contributed by atoms with Crippen LogP contribution < -0.4 is 5.73 Å². The SMILES string of the molecule is CCCCCCCC/C=C/[C@@H]1OC[C@H](C)[C@H](OC)[C@H]1OC(=O)CN. The van der Waals surface area contributed by atoms with E-state index in [0.717, 1.165) is 6.42 Å². The van der Waals surface area contributed by atoms with Gasteiger partial charge in [-0.25, -0.2) is 0 Å². The first-order valence-electron chi connectivity index (χ1n) is 9.34. The van der Waals surface area contributed by atoms with Crippen molar-refractivity contribution >= 4 is 5.97 Å². The lowest BCUT2D eigenvalue weighted by molar-refractivity contribution is -0.189. The molecular weight excluding hydrogens is 306 g/mol. The number of nitrogens with two attached hydrogens (primary N) is 1. The van der Waals surface area contributed by atoms with Crippen LogP contribution in [0.3, 0.4) is 0 Å². The molecule has 1 aliphatic rings. The molecule has 2 N–H and O–H groups in total. The summed E-state index contributed by atoms with van der Waals surface area (Å²) in [5.41, 5.74) is 5.37. The summed E-state index contributed by atoms with van der Waals surface area (Å²) in [6.07, 6.45) is 12.0. The Labute approximate surface area is 146 Å². The fourth-order valence-corrected chi connectivity index (χ4v) is 3.10. The van der Waals surface area contributed by atoms with E-state index in [4.69, 9.17) is 19.9 Å². The molecule has 1 heterocycles. The van der Waals surface area contributed by atoms with Crippen molar-refractivity contribution in [2.24, 2.45) is 11.7 Å². The minimum Gasteiger partial charge on any atom is -0.455 e. The molecule has 5 heteroatoms. The molecule has 1 saturated heterocycles. The van der Waals surface area contributed by atoms with Crippen LogP contribution in [-0.4, -0.2) is 44.5 Å². The van der Waals surface area contributed by atoms with E-state index in [2.05, 4.69) is 13.0 Å². The molecule has 0 radical (unpaired) electrons. The minimum atomic E-state index is -0.435. The van der Waals surface area contributed by atoms with E-state index in [-0.39, 0.29) is 24.7 Å². The van der Waals surface area contributed by atoms with Gasteiger partial charge >= 0.3 is 5.97 Å². The summed E-state index contributed by atoms with van der Waals surface area (Å²) in [5, 5.41) is 0. The van der Waals surface area contributed by atoms with Crippen LogP contribution in [0.4, 0.5) is 0 Å². The summed E-state index contributed by atoms with van der Waals surface area (Å²) in [4.78, 5) is 11.6. The predicted molar refractivity (Wildman–Crippen MR) is 95.8 cm³/mol. The van der Waals surface area contributed by atoms with Gasteiger partial charge in [0.15, 0.2) is 6.10 Å².